The third kappa shape index (κ3) is 5.28. The van der Waals surface area contributed by atoms with Gasteiger partial charge >= 0.3 is 0 Å². The van der Waals surface area contributed by atoms with Gasteiger partial charge in [-0.25, -0.2) is 9.37 Å². The number of halogens is 1. The second kappa shape index (κ2) is 9.28. The molecule has 2 N–H and O–H groups in total. The van der Waals surface area contributed by atoms with E-state index in [0.29, 0.717) is 37.7 Å². The van der Waals surface area contributed by atoms with Crippen LogP contribution in [-0.4, -0.2) is 55.9 Å². The van der Waals surface area contributed by atoms with E-state index in [9.17, 15) is 9.18 Å². The van der Waals surface area contributed by atoms with Gasteiger partial charge in [-0.1, -0.05) is 19.9 Å². The summed E-state index contributed by atoms with van der Waals surface area (Å²) in [6.07, 6.45) is 1.75. The third-order valence-corrected chi connectivity index (χ3v) is 5.43. The van der Waals surface area contributed by atoms with Crippen molar-refractivity contribution < 1.29 is 13.9 Å². The fraction of sp³-hybridized carbons (Fsp3) is 0.455. The summed E-state index contributed by atoms with van der Waals surface area (Å²) in [6, 6.07) is 8.13. The van der Waals surface area contributed by atoms with Gasteiger partial charge in [-0.2, -0.15) is 10.2 Å². The summed E-state index contributed by atoms with van der Waals surface area (Å²) < 4.78 is 18.8. The molecule has 3 heterocycles. The van der Waals surface area contributed by atoms with Crippen LogP contribution in [0.5, 0.6) is 5.75 Å². The number of nitrogens with zero attached hydrogens (tertiary/aromatic N) is 4. The second-order valence-corrected chi connectivity index (χ2v) is 8.17. The summed E-state index contributed by atoms with van der Waals surface area (Å²) in [5, 5.41) is 14.5. The maximum Gasteiger partial charge on any atom is 0.230 e. The van der Waals surface area contributed by atoms with Gasteiger partial charge in [0.1, 0.15) is 17.4 Å². The number of hydrogen-bond acceptors (Lipinski definition) is 5. The highest BCUT2D eigenvalue weighted by atomic mass is 19.1. The highest BCUT2D eigenvalue weighted by Gasteiger charge is 2.29. The first-order valence-corrected chi connectivity index (χ1v) is 10.6. The zero-order chi connectivity index (χ0) is 21.8. The van der Waals surface area contributed by atoms with E-state index in [1.54, 1.807) is 12.1 Å². The molecular formula is C22H27FN6O2. The molecule has 0 aliphatic carbocycles. The van der Waals surface area contributed by atoms with Crippen molar-refractivity contribution in [1.29, 1.82) is 0 Å². The van der Waals surface area contributed by atoms with E-state index < -0.39 is 0 Å². The smallest absolute Gasteiger partial charge is 0.230 e. The lowest BCUT2D eigenvalue weighted by atomic mass is 10.0. The molecule has 8 nitrogen and oxygen atoms in total. The molecular weight excluding hydrogens is 399 g/mol. The fourth-order valence-corrected chi connectivity index (χ4v) is 3.68. The Labute approximate surface area is 180 Å². The van der Waals surface area contributed by atoms with Crippen molar-refractivity contribution in [2.45, 2.75) is 44.9 Å². The van der Waals surface area contributed by atoms with Crippen molar-refractivity contribution in [2.24, 2.45) is 0 Å². The quantitative estimate of drug-likeness (QED) is 0.577. The van der Waals surface area contributed by atoms with Crippen molar-refractivity contribution in [3.05, 3.63) is 59.2 Å². The zero-order valence-electron chi connectivity index (χ0n) is 17.8. The molecule has 31 heavy (non-hydrogen) atoms. The van der Waals surface area contributed by atoms with Crippen molar-refractivity contribution in [3.63, 3.8) is 0 Å². The molecule has 0 bridgehead atoms. The molecule has 1 unspecified atom stereocenters. The Morgan fingerprint density at radius 1 is 1.29 bits per heavy atom. The molecule has 0 saturated carbocycles. The normalized spacial score (nSPS) is 16.3. The van der Waals surface area contributed by atoms with E-state index in [4.69, 9.17) is 4.74 Å². The fourth-order valence-electron chi connectivity index (χ4n) is 3.68. The van der Waals surface area contributed by atoms with E-state index in [1.165, 1.54) is 12.1 Å². The molecule has 9 heteroatoms. The summed E-state index contributed by atoms with van der Waals surface area (Å²) in [7, 11) is 0. The van der Waals surface area contributed by atoms with Crippen LogP contribution in [0.2, 0.25) is 0 Å². The minimum atomic E-state index is -0.315. The number of hydrogen-bond donors (Lipinski definition) is 2. The van der Waals surface area contributed by atoms with Gasteiger partial charge in [0.2, 0.25) is 5.91 Å². The van der Waals surface area contributed by atoms with E-state index in [1.807, 2.05) is 24.8 Å². The summed E-state index contributed by atoms with van der Waals surface area (Å²) in [5.74, 6) is 2.02. The van der Waals surface area contributed by atoms with Gasteiger partial charge in [-0.05, 0) is 24.6 Å². The average Bonchev–Trinajstić information content (AvgIpc) is 3.48. The minimum absolute atomic E-state index is 0.0493. The summed E-state index contributed by atoms with van der Waals surface area (Å²) in [5.41, 5.74) is 1.91. The Morgan fingerprint density at radius 3 is 2.94 bits per heavy atom. The maximum atomic E-state index is 13.2. The molecule has 1 fully saturated rings. The van der Waals surface area contributed by atoms with Gasteiger partial charge in [0, 0.05) is 43.1 Å². The van der Waals surface area contributed by atoms with Crippen LogP contribution in [-0.2, 0) is 17.6 Å². The lowest BCUT2D eigenvalue weighted by Gasteiger charge is -2.15. The Bertz CT molecular complexity index is 1030. The van der Waals surface area contributed by atoms with Crippen LogP contribution >= 0.6 is 0 Å². The first kappa shape index (κ1) is 21.0. The number of carbonyl (C=O) groups is 1. The summed E-state index contributed by atoms with van der Waals surface area (Å²) >= 11 is 0. The van der Waals surface area contributed by atoms with Crippen LogP contribution in [0.4, 0.5) is 4.39 Å². The number of amides is 1. The van der Waals surface area contributed by atoms with E-state index in [-0.39, 0.29) is 30.0 Å². The molecule has 3 aromatic rings. The summed E-state index contributed by atoms with van der Waals surface area (Å²) in [6.45, 7) is 5.82. The molecule has 0 radical (unpaired) electrons. The minimum Gasteiger partial charge on any atom is -0.493 e. The van der Waals surface area contributed by atoms with Gasteiger partial charge in [0.05, 0.1) is 18.7 Å². The van der Waals surface area contributed by atoms with E-state index >= 15 is 0 Å². The number of carbonyl (C=O) groups excluding carboxylic acids is 1. The van der Waals surface area contributed by atoms with Crippen molar-refractivity contribution in [1.82, 2.24) is 30.3 Å². The van der Waals surface area contributed by atoms with Crippen LogP contribution in [0.15, 0.2) is 30.3 Å². The van der Waals surface area contributed by atoms with E-state index in [0.717, 1.165) is 23.6 Å². The predicted octanol–water partition coefficient (Wildman–Crippen LogP) is 2.97. The number of nitrogens with one attached hydrogen (secondary N) is 2. The Hall–Kier alpha value is -3.23. The lowest BCUT2D eigenvalue weighted by molar-refractivity contribution is -0.129. The SMILES string of the molecule is CC(C)c1n[nH]c(CC(=O)N2CCC(c3cc(CCOc4cccc(F)c4)[nH]n3)C2)n1. The highest BCUT2D eigenvalue weighted by molar-refractivity contribution is 5.78. The first-order valence-electron chi connectivity index (χ1n) is 10.6. The zero-order valence-corrected chi connectivity index (χ0v) is 17.8. The van der Waals surface area contributed by atoms with Gasteiger partial charge in [-0.3, -0.25) is 15.0 Å². The standard InChI is InChI=1S/C22H27FN6O2/c1-14(2)22-24-20(27-28-22)12-21(30)29-8-6-15(13-29)19-11-17(25-26-19)7-9-31-18-5-3-4-16(23)10-18/h3-5,10-11,14-15H,6-9,12-13H2,1-2H3,(H,25,26)(H,24,27,28). The Kier molecular flexibility index (Phi) is 6.29. The van der Waals surface area contributed by atoms with Crippen molar-refractivity contribution in [3.8, 4) is 5.75 Å². The Balaban J connectivity index is 1.26. The van der Waals surface area contributed by atoms with Crippen LogP contribution in [0, 0.1) is 5.82 Å². The number of benzene rings is 1. The maximum absolute atomic E-state index is 13.2. The van der Waals surface area contributed by atoms with Crippen LogP contribution in [0.25, 0.3) is 0 Å². The van der Waals surface area contributed by atoms with Crippen LogP contribution in [0.3, 0.4) is 0 Å². The number of aromatic nitrogens is 5. The molecule has 1 saturated heterocycles. The monoisotopic (exact) mass is 426 g/mol. The molecule has 1 amide bonds. The number of ether oxygens (including phenoxy) is 1. The van der Waals surface area contributed by atoms with Gasteiger partial charge in [0.25, 0.3) is 0 Å². The van der Waals surface area contributed by atoms with Crippen molar-refractivity contribution in [2.75, 3.05) is 19.7 Å². The number of aromatic amines is 2. The van der Waals surface area contributed by atoms with Gasteiger partial charge in [-0.15, -0.1) is 0 Å². The lowest BCUT2D eigenvalue weighted by Crippen LogP contribution is -2.30. The number of H-pyrrole nitrogens is 2. The molecule has 1 aliphatic heterocycles. The van der Waals surface area contributed by atoms with Crippen molar-refractivity contribution >= 4 is 5.91 Å². The largest absolute Gasteiger partial charge is 0.493 e. The first-order chi connectivity index (χ1) is 15.0. The van der Waals surface area contributed by atoms with Gasteiger partial charge in [0.15, 0.2) is 5.82 Å². The Morgan fingerprint density at radius 2 is 2.16 bits per heavy atom. The second-order valence-electron chi connectivity index (χ2n) is 8.17. The third-order valence-electron chi connectivity index (χ3n) is 5.43. The molecule has 2 aromatic heterocycles. The van der Waals surface area contributed by atoms with Gasteiger partial charge < -0.3 is 9.64 Å². The molecule has 1 aliphatic rings. The van der Waals surface area contributed by atoms with E-state index in [2.05, 4.69) is 25.4 Å². The van der Waals surface area contributed by atoms with Crippen LogP contribution in [0.1, 0.15) is 55.1 Å². The number of likely N-dealkylation sites (tertiary alicyclic amines) is 1. The molecule has 0 spiro atoms. The number of rotatable bonds is 8. The molecule has 4 rings (SSSR count). The average molecular weight is 426 g/mol. The predicted molar refractivity (Wildman–Crippen MR) is 112 cm³/mol. The topological polar surface area (TPSA) is 99.8 Å². The molecule has 164 valence electrons. The summed E-state index contributed by atoms with van der Waals surface area (Å²) in [4.78, 5) is 18.9. The highest BCUT2D eigenvalue weighted by Crippen LogP contribution is 2.27. The molecule has 1 aromatic carbocycles. The van der Waals surface area contributed by atoms with Crippen LogP contribution < -0.4 is 4.74 Å². The molecule has 1 atom stereocenters.